The molecule has 0 fully saturated rings. The summed E-state index contributed by atoms with van der Waals surface area (Å²) in [6, 6.07) is 7.46. The summed E-state index contributed by atoms with van der Waals surface area (Å²) in [4.78, 5) is 13.1. The molecule has 196 valence electrons. The van der Waals surface area contributed by atoms with Crippen LogP contribution < -0.4 is 10.6 Å². The molecule has 4 rings (SSSR count). The first-order chi connectivity index (χ1) is 17.3. The second-order valence-corrected chi connectivity index (χ2v) is 9.66. The Labute approximate surface area is 217 Å². The quantitative estimate of drug-likeness (QED) is 0.263. The average molecular weight is 533 g/mol. The third-order valence-corrected chi connectivity index (χ3v) is 6.61. The lowest BCUT2D eigenvalue weighted by Crippen LogP contribution is -2.23. The van der Waals surface area contributed by atoms with Crippen molar-refractivity contribution in [3.63, 3.8) is 0 Å². The van der Waals surface area contributed by atoms with E-state index in [-0.39, 0.29) is 28.9 Å². The lowest BCUT2D eigenvalue weighted by atomic mass is 10.1. The van der Waals surface area contributed by atoms with E-state index in [0.29, 0.717) is 5.56 Å². The van der Waals surface area contributed by atoms with Crippen LogP contribution in [0, 0.1) is 13.8 Å². The lowest BCUT2D eigenvalue weighted by molar-refractivity contribution is -0.137. The molecule has 0 radical (unpaired) electrons. The number of hydrogen-bond acceptors (Lipinski definition) is 3. The van der Waals surface area contributed by atoms with Crippen LogP contribution >= 0.6 is 11.6 Å². The molecule has 1 amide bonds. The van der Waals surface area contributed by atoms with Gasteiger partial charge in [0.15, 0.2) is 0 Å². The summed E-state index contributed by atoms with van der Waals surface area (Å²) in [5.41, 5.74) is 4.09. The minimum Gasteiger partial charge on any atom is -0.322 e. The second kappa shape index (κ2) is 10.1. The number of aromatic amines is 1. The predicted molar refractivity (Wildman–Crippen MR) is 138 cm³/mol. The molecule has 3 N–H and O–H groups in total. The van der Waals surface area contributed by atoms with E-state index in [9.17, 15) is 18.0 Å². The summed E-state index contributed by atoms with van der Waals surface area (Å²) < 4.78 is 44.5. The van der Waals surface area contributed by atoms with E-state index in [0.717, 1.165) is 34.3 Å². The molecule has 7 nitrogen and oxygen atoms in total. The van der Waals surface area contributed by atoms with Crippen LogP contribution in [0.4, 0.5) is 18.9 Å². The maximum atomic E-state index is 13.6. The van der Waals surface area contributed by atoms with E-state index in [1.807, 2.05) is 40.9 Å². The molecular formula is C26H28ClF3N6O. The Morgan fingerprint density at radius 1 is 1.19 bits per heavy atom. The number of rotatable bonds is 7. The molecule has 2 aromatic carbocycles. The highest BCUT2D eigenvalue weighted by atomic mass is 35.5. The Morgan fingerprint density at radius 3 is 2.49 bits per heavy atom. The minimum absolute atomic E-state index is 0.0146. The highest BCUT2D eigenvalue weighted by molar-refractivity contribution is 6.32. The summed E-state index contributed by atoms with van der Waals surface area (Å²) in [5.74, 6) is -0.535. The zero-order chi connectivity index (χ0) is 27.1. The number of benzene rings is 2. The van der Waals surface area contributed by atoms with Crippen LogP contribution in [-0.2, 0) is 19.8 Å². The van der Waals surface area contributed by atoms with E-state index in [4.69, 9.17) is 11.6 Å². The molecular weight excluding hydrogens is 505 g/mol. The number of aromatic nitrogens is 4. The van der Waals surface area contributed by atoms with E-state index in [1.165, 1.54) is 6.07 Å². The molecule has 0 bridgehead atoms. The summed E-state index contributed by atoms with van der Waals surface area (Å²) in [6.45, 7) is 7.76. The Bertz CT molecular complexity index is 1440. The van der Waals surface area contributed by atoms with Crippen molar-refractivity contribution >= 4 is 23.2 Å². The predicted octanol–water partition coefficient (Wildman–Crippen LogP) is 6.25. The normalized spacial score (nSPS) is 11.9. The highest BCUT2D eigenvalue weighted by Gasteiger charge is 2.35. The van der Waals surface area contributed by atoms with Gasteiger partial charge in [0, 0.05) is 42.1 Å². The van der Waals surface area contributed by atoms with Gasteiger partial charge in [-0.25, -0.2) is 0 Å². The van der Waals surface area contributed by atoms with Crippen LogP contribution in [-0.4, -0.2) is 31.5 Å². The van der Waals surface area contributed by atoms with Gasteiger partial charge in [0.1, 0.15) is 0 Å². The summed E-state index contributed by atoms with van der Waals surface area (Å²) >= 11 is 6.07. The number of anilines is 1. The molecule has 0 unspecified atom stereocenters. The third-order valence-electron chi connectivity index (χ3n) is 6.17. The van der Waals surface area contributed by atoms with Crippen molar-refractivity contribution in [3.05, 3.63) is 75.7 Å². The van der Waals surface area contributed by atoms with Crippen LogP contribution in [0.5, 0.6) is 0 Å². The number of nitrogens with zero attached hydrogens (tertiary/aromatic N) is 3. The van der Waals surface area contributed by atoms with Crippen LogP contribution in [0.25, 0.3) is 16.9 Å². The van der Waals surface area contributed by atoms with Gasteiger partial charge in [0.2, 0.25) is 0 Å². The Hall–Kier alpha value is -3.50. The summed E-state index contributed by atoms with van der Waals surface area (Å²) in [7, 11) is 1.87. The first-order valence-corrected chi connectivity index (χ1v) is 12.0. The molecule has 0 atom stereocenters. The Kier molecular flexibility index (Phi) is 7.25. The summed E-state index contributed by atoms with van der Waals surface area (Å²) in [6.07, 6.45) is -0.993. The maximum Gasteiger partial charge on any atom is 0.417 e. The van der Waals surface area contributed by atoms with Gasteiger partial charge in [-0.3, -0.25) is 19.3 Å². The van der Waals surface area contributed by atoms with Gasteiger partial charge in [-0.15, -0.1) is 0 Å². The maximum absolute atomic E-state index is 13.6. The zero-order valence-corrected chi connectivity index (χ0v) is 21.8. The molecule has 2 heterocycles. The fraction of sp³-hybridized carbons (Fsp3) is 0.308. The smallest absolute Gasteiger partial charge is 0.322 e. The number of H-pyrrole nitrogens is 1. The van der Waals surface area contributed by atoms with Gasteiger partial charge in [0.25, 0.3) is 5.91 Å². The molecule has 0 aliphatic heterocycles. The van der Waals surface area contributed by atoms with E-state index in [2.05, 4.69) is 20.8 Å². The molecule has 0 aliphatic rings. The first kappa shape index (κ1) is 26.6. The number of hydrogen-bond donors (Lipinski definition) is 3. The van der Waals surface area contributed by atoms with Crippen LogP contribution in [0.3, 0.4) is 0 Å². The molecule has 0 spiro atoms. The standard InChI is InChI=1S/C26H28ClF3N6O/c1-14(2)31-11-18-8-19(10-21(24(18)27)26(28,29)30)33-25(37)17-7-6-15(3)23(9-17)36-13-22(34-36)20-12-32-35(5)16(20)4/h6-10,12-14,31,34H,11H2,1-5H3,(H,33,37). The molecule has 11 heteroatoms. The number of carbonyl (C=O) groups excluding carboxylic acids is 1. The number of alkyl halides is 3. The van der Waals surface area contributed by atoms with Crippen LogP contribution in [0.1, 0.15) is 46.6 Å². The molecule has 0 aliphatic carbocycles. The second-order valence-electron chi connectivity index (χ2n) is 9.28. The topological polar surface area (TPSA) is 79.7 Å². The molecule has 37 heavy (non-hydrogen) atoms. The first-order valence-electron chi connectivity index (χ1n) is 11.7. The SMILES string of the molecule is Cc1ccc(C(=O)Nc2cc(CNC(C)C)c(Cl)c(C(F)(F)F)c2)cc1-n1cc(-c2cnn(C)c2C)[nH]1. The van der Waals surface area contributed by atoms with E-state index in [1.54, 1.807) is 33.8 Å². The average Bonchev–Trinajstić information content (AvgIpc) is 3.11. The van der Waals surface area contributed by atoms with Crippen molar-refractivity contribution in [2.45, 2.75) is 46.5 Å². The number of nitrogens with one attached hydrogen (secondary N) is 3. The lowest BCUT2D eigenvalue weighted by Gasteiger charge is -2.19. The number of amides is 1. The fourth-order valence-corrected chi connectivity index (χ4v) is 4.18. The highest BCUT2D eigenvalue weighted by Crippen LogP contribution is 2.38. The number of carbonyl (C=O) groups is 1. The van der Waals surface area contributed by atoms with E-state index >= 15 is 0 Å². The Balaban J connectivity index is 1.60. The Morgan fingerprint density at radius 2 is 1.89 bits per heavy atom. The van der Waals surface area contributed by atoms with Gasteiger partial charge in [-0.1, -0.05) is 31.5 Å². The molecule has 0 saturated heterocycles. The van der Waals surface area contributed by atoms with Crippen molar-refractivity contribution in [2.24, 2.45) is 7.05 Å². The number of aryl methyl sites for hydroxylation is 2. The van der Waals surface area contributed by atoms with Gasteiger partial charge < -0.3 is 10.6 Å². The van der Waals surface area contributed by atoms with Gasteiger partial charge in [-0.05, 0) is 49.2 Å². The monoisotopic (exact) mass is 532 g/mol. The van der Waals surface area contributed by atoms with Crippen molar-refractivity contribution in [1.82, 2.24) is 24.9 Å². The van der Waals surface area contributed by atoms with Gasteiger partial charge in [-0.2, -0.15) is 18.3 Å². The van der Waals surface area contributed by atoms with Crippen molar-refractivity contribution < 1.29 is 18.0 Å². The van der Waals surface area contributed by atoms with Gasteiger partial charge in [0.05, 0.1) is 34.4 Å². The third kappa shape index (κ3) is 5.60. The fourth-order valence-electron chi connectivity index (χ4n) is 3.90. The van der Waals surface area contributed by atoms with Gasteiger partial charge >= 0.3 is 6.18 Å². The van der Waals surface area contributed by atoms with Crippen LogP contribution in [0.15, 0.2) is 42.7 Å². The largest absolute Gasteiger partial charge is 0.417 e. The molecule has 4 aromatic rings. The van der Waals surface area contributed by atoms with Crippen molar-refractivity contribution in [1.29, 1.82) is 0 Å². The minimum atomic E-state index is -4.67. The molecule has 0 saturated carbocycles. The molecule has 2 aromatic heterocycles. The number of halogens is 4. The van der Waals surface area contributed by atoms with Crippen molar-refractivity contribution in [3.8, 4) is 16.9 Å². The van der Waals surface area contributed by atoms with Crippen LogP contribution in [0.2, 0.25) is 5.02 Å². The summed E-state index contributed by atoms with van der Waals surface area (Å²) in [5, 5.41) is 12.8. The van der Waals surface area contributed by atoms with Crippen molar-refractivity contribution in [2.75, 3.05) is 5.32 Å². The zero-order valence-electron chi connectivity index (χ0n) is 21.1. The van der Waals surface area contributed by atoms with E-state index < -0.39 is 17.6 Å².